The summed E-state index contributed by atoms with van der Waals surface area (Å²) in [5.41, 5.74) is 6.49. The molecule has 7 heteroatoms. The van der Waals surface area contributed by atoms with E-state index in [0.29, 0.717) is 19.4 Å². The molecule has 0 aromatic heterocycles. The Balaban J connectivity index is 0.00000400. The molecular weight excluding hydrogens is 296 g/mol. The summed E-state index contributed by atoms with van der Waals surface area (Å²) >= 11 is 0. The van der Waals surface area contributed by atoms with Gasteiger partial charge in [-0.3, -0.25) is 4.79 Å². The van der Waals surface area contributed by atoms with E-state index in [4.69, 9.17) is 10.5 Å². The molecule has 1 rings (SSSR count). The zero-order valence-electron chi connectivity index (χ0n) is 11.9. The van der Waals surface area contributed by atoms with Gasteiger partial charge in [0.15, 0.2) is 0 Å². The van der Waals surface area contributed by atoms with Crippen LogP contribution in [0.1, 0.15) is 18.4 Å². The highest BCUT2D eigenvalue weighted by atomic mass is 35.5. The number of alkyl carbamates (subject to hydrolysis) is 1. The van der Waals surface area contributed by atoms with Crippen LogP contribution in [0.25, 0.3) is 0 Å². The van der Waals surface area contributed by atoms with Crippen LogP contribution in [0, 0.1) is 0 Å². The van der Waals surface area contributed by atoms with Crippen LogP contribution in [0.3, 0.4) is 0 Å². The Morgan fingerprint density at radius 2 is 1.95 bits per heavy atom. The summed E-state index contributed by atoms with van der Waals surface area (Å²) in [4.78, 5) is 22.4. The van der Waals surface area contributed by atoms with Crippen LogP contribution in [0.4, 0.5) is 4.79 Å². The number of nitrogens with two attached hydrogens (primary N) is 1. The maximum absolute atomic E-state index is 11.4. The fourth-order valence-corrected chi connectivity index (χ4v) is 1.56. The van der Waals surface area contributed by atoms with Crippen LogP contribution in [0.5, 0.6) is 0 Å². The molecule has 0 fully saturated rings. The average Bonchev–Trinajstić information content (AvgIpc) is 2.49. The largest absolute Gasteiger partial charge is 0.468 e. The molecule has 0 spiro atoms. The van der Waals surface area contributed by atoms with Gasteiger partial charge in [-0.25, -0.2) is 4.79 Å². The van der Waals surface area contributed by atoms with Gasteiger partial charge in [0.05, 0.1) is 7.11 Å². The molecule has 0 aliphatic rings. The Labute approximate surface area is 130 Å². The van der Waals surface area contributed by atoms with Gasteiger partial charge in [-0.05, 0) is 18.4 Å². The maximum atomic E-state index is 11.4. The standard InChI is InChI=1S/C14H20N2O4.ClH/c1-19-13(17)12(15)8-5-9-16-14(18)20-10-11-6-3-2-4-7-11;/h2-4,6-7,12H,5,8-10,15H2,1H3,(H,16,18);1H/t12-;/m0./s1. The second kappa shape index (κ2) is 10.9. The Morgan fingerprint density at radius 1 is 1.29 bits per heavy atom. The number of halogens is 1. The number of carbonyl (C=O) groups is 2. The highest BCUT2D eigenvalue weighted by molar-refractivity contribution is 5.85. The van der Waals surface area contributed by atoms with Gasteiger partial charge in [0.1, 0.15) is 12.6 Å². The molecule has 1 amide bonds. The third-order valence-electron chi connectivity index (χ3n) is 2.68. The van der Waals surface area contributed by atoms with E-state index in [2.05, 4.69) is 10.1 Å². The fourth-order valence-electron chi connectivity index (χ4n) is 1.56. The van der Waals surface area contributed by atoms with Gasteiger partial charge in [0, 0.05) is 6.54 Å². The molecule has 0 unspecified atom stereocenters. The van der Waals surface area contributed by atoms with Crippen LogP contribution in [0.15, 0.2) is 30.3 Å². The van der Waals surface area contributed by atoms with Crippen molar-refractivity contribution in [3.8, 4) is 0 Å². The van der Waals surface area contributed by atoms with E-state index in [0.717, 1.165) is 5.56 Å². The zero-order valence-corrected chi connectivity index (χ0v) is 12.7. The number of hydrogen-bond donors (Lipinski definition) is 2. The number of esters is 1. The molecule has 1 atom stereocenters. The summed E-state index contributed by atoms with van der Waals surface area (Å²) in [6.45, 7) is 0.632. The summed E-state index contributed by atoms with van der Waals surface area (Å²) in [7, 11) is 1.29. The average molecular weight is 317 g/mol. The molecule has 0 aliphatic carbocycles. The summed E-state index contributed by atoms with van der Waals surface area (Å²) in [6.07, 6.45) is 0.544. The number of carbonyl (C=O) groups excluding carboxylic acids is 2. The Bertz CT molecular complexity index is 428. The molecule has 21 heavy (non-hydrogen) atoms. The second-order valence-electron chi connectivity index (χ2n) is 4.26. The molecule has 1 aromatic rings. The first-order valence-electron chi connectivity index (χ1n) is 6.41. The second-order valence-corrected chi connectivity index (χ2v) is 4.26. The minimum absolute atomic E-state index is 0. The van der Waals surface area contributed by atoms with Crippen molar-refractivity contribution in [1.29, 1.82) is 0 Å². The lowest BCUT2D eigenvalue weighted by molar-refractivity contribution is -0.142. The van der Waals surface area contributed by atoms with Crippen molar-refractivity contribution < 1.29 is 19.1 Å². The monoisotopic (exact) mass is 316 g/mol. The molecule has 0 saturated carbocycles. The number of hydrogen-bond acceptors (Lipinski definition) is 5. The van der Waals surface area contributed by atoms with Gasteiger partial charge in [0.2, 0.25) is 0 Å². The Morgan fingerprint density at radius 3 is 2.57 bits per heavy atom. The molecule has 1 aromatic carbocycles. The van der Waals surface area contributed by atoms with Crippen LogP contribution in [-0.4, -0.2) is 31.8 Å². The molecule has 0 saturated heterocycles. The number of amides is 1. The number of nitrogens with one attached hydrogen (secondary N) is 1. The highest BCUT2D eigenvalue weighted by Gasteiger charge is 2.12. The summed E-state index contributed by atoms with van der Waals surface area (Å²) in [6, 6.07) is 8.76. The number of methoxy groups -OCH3 is 1. The van der Waals surface area contributed by atoms with Crippen LogP contribution < -0.4 is 11.1 Å². The third-order valence-corrected chi connectivity index (χ3v) is 2.68. The molecule has 3 N–H and O–H groups in total. The quantitative estimate of drug-likeness (QED) is 0.589. The minimum Gasteiger partial charge on any atom is -0.468 e. The van der Waals surface area contributed by atoms with Crippen LogP contribution in [0.2, 0.25) is 0 Å². The molecule has 6 nitrogen and oxygen atoms in total. The summed E-state index contributed by atoms with van der Waals surface area (Å²) in [5, 5.41) is 2.60. The molecule has 0 heterocycles. The lowest BCUT2D eigenvalue weighted by Crippen LogP contribution is -2.33. The number of benzene rings is 1. The third kappa shape index (κ3) is 8.16. The number of ether oxygens (including phenoxy) is 2. The van der Waals surface area contributed by atoms with Crippen molar-refractivity contribution >= 4 is 24.5 Å². The van der Waals surface area contributed by atoms with Gasteiger partial charge < -0.3 is 20.5 Å². The normalized spacial score (nSPS) is 11.0. The first-order valence-corrected chi connectivity index (χ1v) is 6.41. The highest BCUT2D eigenvalue weighted by Crippen LogP contribution is 2.00. The van der Waals surface area contributed by atoms with Gasteiger partial charge >= 0.3 is 12.1 Å². The van der Waals surface area contributed by atoms with E-state index < -0.39 is 18.1 Å². The molecule has 0 radical (unpaired) electrons. The first-order chi connectivity index (χ1) is 9.63. The van der Waals surface area contributed by atoms with Crippen molar-refractivity contribution in [1.82, 2.24) is 5.32 Å². The van der Waals surface area contributed by atoms with Crippen molar-refractivity contribution in [3.05, 3.63) is 35.9 Å². The first kappa shape index (κ1) is 19.2. The lowest BCUT2D eigenvalue weighted by atomic mass is 10.2. The number of rotatable bonds is 7. The Hall–Kier alpha value is -1.79. The lowest BCUT2D eigenvalue weighted by Gasteiger charge is -2.10. The minimum atomic E-state index is -0.651. The predicted molar refractivity (Wildman–Crippen MR) is 81.1 cm³/mol. The predicted octanol–water partition coefficient (Wildman–Crippen LogP) is 1.62. The smallest absolute Gasteiger partial charge is 0.407 e. The van der Waals surface area contributed by atoms with E-state index in [1.165, 1.54) is 7.11 Å². The van der Waals surface area contributed by atoms with Crippen molar-refractivity contribution in [2.45, 2.75) is 25.5 Å². The SMILES string of the molecule is COC(=O)[C@@H](N)CCCNC(=O)OCc1ccccc1.Cl. The van der Waals surface area contributed by atoms with Crippen LogP contribution in [-0.2, 0) is 20.9 Å². The van der Waals surface area contributed by atoms with E-state index in [1.54, 1.807) is 0 Å². The molecular formula is C14H21ClN2O4. The zero-order chi connectivity index (χ0) is 14.8. The Kier molecular flexibility index (Phi) is 10.0. The molecule has 0 aliphatic heterocycles. The van der Waals surface area contributed by atoms with Gasteiger partial charge in [-0.2, -0.15) is 0 Å². The van der Waals surface area contributed by atoms with Crippen LogP contribution >= 0.6 is 12.4 Å². The van der Waals surface area contributed by atoms with E-state index >= 15 is 0 Å². The van der Waals surface area contributed by atoms with Crippen molar-refractivity contribution in [2.24, 2.45) is 5.73 Å². The molecule has 118 valence electrons. The van der Waals surface area contributed by atoms with Crippen molar-refractivity contribution in [2.75, 3.05) is 13.7 Å². The van der Waals surface area contributed by atoms with Gasteiger partial charge in [0.25, 0.3) is 0 Å². The maximum Gasteiger partial charge on any atom is 0.407 e. The summed E-state index contributed by atoms with van der Waals surface area (Å²) in [5.74, 6) is -0.448. The van der Waals surface area contributed by atoms with E-state index in [1.807, 2.05) is 30.3 Å². The van der Waals surface area contributed by atoms with Gasteiger partial charge in [-0.1, -0.05) is 30.3 Å². The summed E-state index contributed by atoms with van der Waals surface area (Å²) < 4.78 is 9.53. The fraction of sp³-hybridized carbons (Fsp3) is 0.429. The van der Waals surface area contributed by atoms with E-state index in [9.17, 15) is 9.59 Å². The van der Waals surface area contributed by atoms with Gasteiger partial charge in [-0.15, -0.1) is 12.4 Å². The topological polar surface area (TPSA) is 90.6 Å². The van der Waals surface area contributed by atoms with E-state index in [-0.39, 0.29) is 19.0 Å². The van der Waals surface area contributed by atoms with Crippen molar-refractivity contribution in [3.63, 3.8) is 0 Å². The molecule has 0 bridgehead atoms.